The first-order chi connectivity index (χ1) is 46.4. The number of benzene rings is 4. The fourth-order valence-corrected chi connectivity index (χ4v) is 14.4. The standard InChI is InChI=1S/C33H27ClFN7O4S.C21H19ClFNO2.C12H10N6O3S.ClH.S2.H2S/c1-15(43)17-6-7-23(34)22(8-17)21-5-3-4-18(28(21)35)11-26(44)25-10-19-9-24(19)42(25)27(45)14-41-32-30(29(40-41)31(36)46)47-33(39-32)20-12-37-16(2)38-13-20;1-11(25)12-5-6-17(22)16(7-12)15-4-2-3-13(21(15)23)10-20(26)19-9-14-8-18(14)24-19;1-5-14-2-6(3-15-5)12-16-11-9(22-12)8(10(13)21)17-18(11)4-7(19)20;;1-2;/h3-8,12-13,19,24-25H,9-11,14H2,1-2H3,(H2,36,46);2-7,14,18-19,24H,8-10H2,1H3;2-3H,4H2,1H3,(H2,13,21)(H,19,20);1H;;1H2/t19-,24-,25+;14-,18-,19+;;;;/m11..../s1. The Kier molecular flexibility index (Phi) is 23.5. The number of fused-ring (bicyclic) bond motifs is 4. The number of Topliss-reactive ketones (excluding diaryl/α,β-unsaturated/α-hetero) is 4. The lowest BCUT2D eigenvalue weighted by Gasteiger charge is -2.27. The molecule has 6 atom stereocenters. The van der Waals surface area contributed by atoms with E-state index in [1.807, 2.05) is 0 Å². The Morgan fingerprint density at radius 3 is 1.51 bits per heavy atom. The molecular weight excluding hydrogens is 1440 g/mol. The molecule has 3 amide bonds. The molecule has 0 spiro atoms. The summed E-state index contributed by atoms with van der Waals surface area (Å²) in [5.74, 6) is -2.53. The Bertz CT molecular complexity index is 4850. The van der Waals surface area contributed by atoms with E-state index in [2.05, 4.69) is 67.8 Å². The second kappa shape index (κ2) is 31.2. The number of halogens is 5. The number of carboxylic acid groups (broad SMARTS) is 1. The van der Waals surface area contributed by atoms with Crippen LogP contribution in [0.3, 0.4) is 0 Å². The molecule has 14 rings (SSSR count). The Morgan fingerprint density at radius 1 is 0.626 bits per heavy atom. The number of carbonyl (C=O) groups is 8. The molecule has 0 radical (unpaired) electrons. The van der Waals surface area contributed by atoms with Gasteiger partial charge in [-0.05, 0) is 113 Å². The van der Waals surface area contributed by atoms with Gasteiger partial charge in [0.15, 0.2) is 45.8 Å². The number of likely N-dealkylation sites (tertiary alicyclic amines) is 1. The first kappa shape index (κ1) is 74.5. The van der Waals surface area contributed by atoms with E-state index in [0.717, 1.165) is 23.9 Å². The van der Waals surface area contributed by atoms with Crippen LogP contribution in [0.1, 0.15) is 104 Å². The molecule has 8 heterocycles. The number of carbonyl (C=O) groups excluding carboxylic acids is 7. The number of hydrogen-bond acceptors (Lipinski definition) is 21. The van der Waals surface area contributed by atoms with Gasteiger partial charge in [0, 0.05) is 127 Å². The van der Waals surface area contributed by atoms with Crippen molar-refractivity contribution in [1.29, 1.82) is 0 Å². The molecule has 512 valence electrons. The van der Waals surface area contributed by atoms with Gasteiger partial charge >= 0.3 is 5.97 Å². The monoisotopic (exact) mass is 1490 g/mol. The number of nitrogens with one attached hydrogen (secondary N) is 1. The number of aliphatic carboxylic acids is 1. The normalized spacial score (nSPS) is 17.4. The summed E-state index contributed by atoms with van der Waals surface area (Å²) >= 11 is 22.3. The topological polar surface area (TPSA) is 337 Å². The lowest BCUT2D eigenvalue weighted by Crippen LogP contribution is -2.45. The molecule has 2 saturated carbocycles. The summed E-state index contributed by atoms with van der Waals surface area (Å²) < 4.78 is 34.3. The quantitative estimate of drug-likeness (QED) is 0.0580. The highest BCUT2D eigenvalue weighted by Gasteiger charge is 2.56. The number of amides is 3. The van der Waals surface area contributed by atoms with Crippen molar-refractivity contribution in [2.24, 2.45) is 23.3 Å². The summed E-state index contributed by atoms with van der Waals surface area (Å²) in [6.07, 6.45) is 9.56. The van der Waals surface area contributed by atoms with Crippen molar-refractivity contribution in [3.8, 4) is 43.4 Å². The third-order valence-corrected chi connectivity index (χ3v) is 19.8. The highest BCUT2D eigenvalue weighted by atomic mass is 35.5. The van der Waals surface area contributed by atoms with Gasteiger partial charge in [-0.2, -0.15) is 23.7 Å². The SMILES string of the molecule is CC(=O)c1ccc(Cl)c(-c2cccc(CC(=O)[C@@H]3C[C@H]4C[C@H]4N3)c2F)c1.CC(=O)c1ccc(Cl)c(-c2cccc(CC(=O)[C@@H]3C[C@H]4C[C@H]4N3C(=O)Cn3nc(C(N)=O)c4sc(-c5cnc(C)nc5)nc43)c2F)c1.Cc1ncc(-c2nc3c(s2)c(C(N)=O)nn3CC(=O)O)cn1.Cl.S.S=S. The summed E-state index contributed by atoms with van der Waals surface area (Å²) in [6.45, 7) is 5.72. The minimum absolute atomic E-state index is 0. The molecule has 23 nitrogen and oxygen atoms in total. The van der Waals surface area contributed by atoms with E-state index in [-0.39, 0.29) is 120 Å². The zero-order chi connectivity index (χ0) is 69.4. The van der Waals surface area contributed by atoms with Crippen LogP contribution in [0.15, 0.2) is 97.6 Å². The van der Waals surface area contributed by atoms with E-state index in [1.54, 1.807) is 104 Å². The molecule has 6 aromatic heterocycles. The zero-order valence-electron chi connectivity index (χ0n) is 52.7. The van der Waals surface area contributed by atoms with Crippen molar-refractivity contribution >= 4 is 162 Å². The van der Waals surface area contributed by atoms with Crippen LogP contribution in [0.5, 0.6) is 0 Å². The molecule has 2 aliphatic heterocycles. The number of piperidine rings is 2. The lowest BCUT2D eigenvalue weighted by atomic mass is 9.95. The summed E-state index contributed by atoms with van der Waals surface area (Å²) in [5, 5.41) is 22.2. The first-order valence-electron chi connectivity index (χ1n) is 30.0. The Balaban J connectivity index is 0.000000186. The van der Waals surface area contributed by atoms with Gasteiger partial charge in [0.25, 0.3) is 11.8 Å². The number of aromatic nitrogens is 10. The average Bonchev–Trinajstić information content (AvgIpc) is 1.59. The predicted molar refractivity (Wildman–Crippen MR) is 381 cm³/mol. The number of nitrogens with two attached hydrogens (primary N) is 2. The minimum Gasteiger partial charge on any atom is -0.480 e. The smallest absolute Gasteiger partial charge is 0.325 e. The van der Waals surface area contributed by atoms with Crippen molar-refractivity contribution in [3.63, 3.8) is 0 Å². The summed E-state index contributed by atoms with van der Waals surface area (Å²) in [5.41, 5.74) is 15.5. The summed E-state index contributed by atoms with van der Waals surface area (Å²) in [6, 6.07) is 18.7. The van der Waals surface area contributed by atoms with Gasteiger partial charge in [-0.25, -0.2) is 48.0 Å². The van der Waals surface area contributed by atoms with Gasteiger partial charge in [-0.1, -0.05) is 59.6 Å². The molecule has 0 unspecified atom stereocenters. The number of rotatable bonds is 18. The van der Waals surface area contributed by atoms with Crippen LogP contribution in [0, 0.1) is 37.3 Å². The highest BCUT2D eigenvalue weighted by molar-refractivity contribution is 8.07. The molecule has 4 fully saturated rings. The third-order valence-electron chi connectivity index (χ3n) is 16.9. The second-order valence-electron chi connectivity index (χ2n) is 23.5. The lowest BCUT2D eigenvalue weighted by molar-refractivity contribution is -0.139. The Hall–Kier alpha value is -8.72. The minimum atomic E-state index is -1.09. The van der Waals surface area contributed by atoms with E-state index >= 15 is 8.78 Å². The van der Waals surface area contributed by atoms with Crippen molar-refractivity contribution in [1.82, 2.24) is 59.7 Å². The van der Waals surface area contributed by atoms with Gasteiger partial charge in [-0.15, -0.1) is 35.1 Å². The molecule has 2 aliphatic carbocycles. The maximum atomic E-state index is 15.9. The third kappa shape index (κ3) is 16.1. The molecule has 2 saturated heterocycles. The van der Waals surface area contributed by atoms with Crippen LogP contribution in [-0.2, 0) is 67.5 Å². The molecule has 99 heavy (non-hydrogen) atoms. The number of nitrogens with zero attached hydrogens (tertiary/aromatic N) is 11. The van der Waals surface area contributed by atoms with Gasteiger partial charge in [-0.3, -0.25) is 38.4 Å². The maximum Gasteiger partial charge on any atom is 0.325 e. The largest absolute Gasteiger partial charge is 0.480 e. The fourth-order valence-electron chi connectivity index (χ4n) is 11.9. The van der Waals surface area contributed by atoms with Crippen molar-refractivity contribution in [2.75, 3.05) is 0 Å². The van der Waals surface area contributed by atoms with E-state index in [0.29, 0.717) is 110 Å². The van der Waals surface area contributed by atoms with Gasteiger partial charge in [0.2, 0.25) is 5.91 Å². The Morgan fingerprint density at radius 2 is 1.08 bits per heavy atom. The summed E-state index contributed by atoms with van der Waals surface area (Å²) in [4.78, 5) is 125. The average molecular weight is 1500 g/mol. The number of ketones is 4. The molecule has 4 aliphatic rings. The van der Waals surface area contributed by atoms with E-state index in [4.69, 9.17) is 39.8 Å². The van der Waals surface area contributed by atoms with Crippen LogP contribution in [-0.4, -0.2) is 130 Å². The number of hydrogen-bond donors (Lipinski definition) is 4. The maximum absolute atomic E-state index is 15.9. The number of primary amides is 2. The van der Waals surface area contributed by atoms with Crippen LogP contribution in [0.2, 0.25) is 10.0 Å². The fraction of sp³-hybridized carbons (Fsp3) is 0.273. The van der Waals surface area contributed by atoms with E-state index < -0.39 is 42.0 Å². The Labute approximate surface area is 604 Å². The van der Waals surface area contributed by atoms with Crippen molar-refractivity contribution in [3.05, 3.63) is 165 Å². The van der Waals surface area contributed by atoms with Crippen LogP contribution < -0.4 is 16.8 Å². The van der Waals surface area contributed by atoms with Gasteiger partial charge in [0.1, 0.15) is 55.8 Å². The molecular formula is C66H59Cl3F2N14O9S5. The molecule has 4 aromatic carbocycles. The number of carboxylic acids is 1. The van der Waals surface area contributed by atoms with Gasteiger partial charge < -0.3 is 26.8 Å². The highest BCUT2D eigenvalue weighted by Crippen LogP contribution is 2.49. The van der Waals surface area contributed by atoms with E-state index in [9.17, 15) is 38.4 Å². The van der Waals surface area contributed by atoms with Crippen LogP contribution >= 0.6 is 71.8 Å². The number of aryl methyl sites for hydroxylation is 2. The predicted octanol–water partition coefficient (Wildman–Crippen LogP) is 10.0. The first-order valence-corrected chi connectivity index (χ1v) is 33.7. The van der Waals surface area contributed by atoms with Gasteiger partial charge in [0.05, 0.1) is 12.1 Å². The second-order valence-corrected chi connectivity index (χ2v) is 26.3. The van der Waals surface area contributed by atoms with E-state index in [1.165, 1.54) is 53.3 Å². The van der Waals surface area contributed by atoms with Crippen LogP contribution in [0.25, 0.3) is 64.1 Å². The van der Waals surface area contributed by atoms with Crippen LogP contribution in [0.4, 0.5) is 8.78 Å². The summed E-state index contributed by atoms with van der Waals surface area (Å²) in [7, 11) is 0. The molecule has 33 heteroatoms. The molecule has 0 bridgehead atoms. The molecule has 6 N–H and O–H groups in total. The van der Waals surface area contributed by atoms with Crippen molar-refractivity contribution < 1.29 is 52.2 Å². The zero-order valence-corrected chi connectivity index (χ0v) is 59.3. The van der Waals surface area contributed by atoms with Crippen molar-refractivity contribution in [2.45, 2.75) is 103 Å². The molecule has 10 aromatic rings. The number of thiazole rings is 2.